The molecule has 1 aliphatic rings. The summed E-state index contributed by atoms with van der Waals surface area (Å²) in [4.78, 5) is 18.5. The number of hydrogen-bond donors (Lipinski definition) is 0. The highest BCUT2D eigenvalue weighted by Crippen LogP contribution is 2.32. The van der Waals surface area contributed by atoms with Gasteiger partial charge in [-0.3, -0.25) is 4.79 Å². The monoisotopic (exact) mass is 349 g/mol. The second-order valence-corrected chi connectivity index (χ2v) is 6.61. The van der Waals surface area contributed by atoms with Crippen molar-refractivity contribution in [2.45, 2.75) is 32.7 Å². The highest BCUT2D eigenvalue weighted by molar-refractivity contribution is 5.78. The number of benzene rings is 1. The first-order valence-corrected chi connectivity index (χ1v) is 9.23. The van der Waals surface area contributed by atoms with E-state index < -0.39 is 0 Å². The van der Waals surface area contributed by atoms with Gasteiger partial charge in [-0.15, -0.1) is 0 Å². The Morgan fingerprint density at radius 1 is 1.12 bits per heavy atom. The lowest BCUT2D eigenvalue weighted by atomic mass is 10.1. The van der Waals surface area contributed by atoms with E-state index in [2.05, 4.69) is 28.6 Å². The summed E-state index contributed by atoms with van der Waals surface area (Å²) in [5, 5.41) is 0. The predicted molar refractivity (Wildman–Crippen MR) is 101 cm³/mol. The smallest absolute Gasteiger partial charge is 0.222 e. The molecule has 0 unspecified atom stereocenters. The lowest BCUT2D eigenvalue weighted by Gasteiger charge is -2.16. The minimum atomic E-state index is 0.251. The van der Waals surface area contributed by atoms with Gasteiger partial charge in [0.15, 0.2) is 5.76 Å². The van der Waals surface area contributed by atoms with Crippen molar-refractivity contribution in [1.82, 2.24) is 14.5 Å². The van der Waals surface area contributed by atoms with Gasteiger partial charge in [0, 0.05) is 38.0 Å². The number of amides is 1. The fraction of sp³-hybridized carbons (Fsp3) is 0.333. The maximum absolute atomic E-state index is 11.9. The molecule has 1 aromatic carbocycles. The van der Waals surface area contributed by atoms with E-state index in [4.69, 9.17) is 4.42 Å². The molecule has 1 aliphatic heterocycles. The first-order chi connectivity index (χ1) is 12.8. The van der Waals surface area contributed by atoms with Crippen LogP contribution in [0.15, 0.2) is 53.2 Å². The highest BCUT2D eigenvalue weighted by Gasteiger charge is 2.22. The lowest BCUT2D eigenvalue weighted by molar-refractivity contribution is -0.127. The molecule has 5 heteroatoms. The van der Waals surface area contributed by atoms with Crippen molar-refractivity contribution >= 4 is 5.91 Å². The molecule has 0 atom stereocenters. The number of nitrogens with zero attached hydrogens (tertiary/aromatic N) is 3. The van der Waals surface area contributed by atoms with E-state index >= 15 is 0 Å². The SMILES string of the molecule is CCc1ccc(-c2c(-c3ccccc3)ncn2CCN2CCCC2=O)o1. The van der Waals surface area contributed by atoms with Crippen LogP contribution in [0.3, 0.4) is 0 Å². The average Bonchev–Trinajstić information content (AvgIpc) is 3.39. The summed E-state index contributed by atoms with van der Waals surface area (Å²) in [5.41, 5.74) is 2.95. The van der Waals surface area contributed by atoms with Gasteiger partial charge in [0.1, 0.15) is 11.5 Å². The molecule has 0 radical (unpaired) electrons. The van der Waals surface area contributed by atoms with Gasteiger partial charge in [-0.25, -0.2) is 4.98 Å². The minimum Gasteiger partial charge on any atom is -0.459 e. The molecule has 0 N–H and O–H groups in total. The van der Waals surface area contributed by atoms with E-state index in [-0.39, 0.29) is 5.91 Å². The summed E-state index contributed by atoms with van der Waals surface area (Å²) in [5.74, 6) is 2.04. The minimum absolute atomic E-state index is 0.251. The van der Waals surface area contributed by atoms with Crippen molar-refractivity contribution in [3.63, 3.8) is 0 Å². The van der Waals surface area contributed by atoms with Crippen molar-refractivity contribution < 1.29 is 9.21 Å². The van der Waals surface area contributed by atoms with Gasteiger partial charge in [-0.05, 0) is 18.6 Å². The van der Waals surface area contributed by atoms with E-state index in [1.807, 2.05) is 41.6 Å². The van der Waals surface area contributed by atoms with Crippen LogP contribution in [-0.2, 0) is 17.8 Å². The second kappa shape index (κ2) is 7.20. The number of rotatable bonds is 6. The van der Waals surface area contributed by atoms with Crippen LogP contribution in [0, 0.1) is 0 Å². The van der Waals surface area contributed by atoms with Crippen LogP contribution < -0.4 is 0 Å². The van der Waals surface area contributed by atoms with Crippen LogP contribution in [0.25, 0.3) is 22.7 Å². The van der Waals surface area contributed by atoms with Crippen LogP contribution in [0.1, 0.15) is 25.5 Å². The van der Waals surface area contributed by atoms with Crippen LogP contribution >= 0.6 is 0 Å². The molecular weight excluding hydrogens is 326 g/mol. The van der Waals surface area contributed by atoms with E-state index in [1.54, 1.807) is 0 Å². The van der Waals surface area contributed by atoms with Crippen molar-refractivity contribution in [2.75, 3.05) is 13.1 Å². The van der Waals surface area contributed by atoms with E-state index in [9.17, 15) is 4.79 Å². The summed E-state index contributed by atoms with van der Waals surface area (Å²) in [7, 11) is 0. The molecule has 26 heavy (non-hydrogen) atoms. The molecule has 1 saturated heterocycles. The zero-order chi connectivity index (χ0) is 17.9. The van der Waals surface area contributed by atoms with Gasteiger partial charge in [-0.2, -0.15) is 0 Å². The first-order valence-electron chi connectivity index (χ1n) is 9.23. The van der Waals surface area contributed by atoms with Crippen molar-refractivity contribution in [1.29, 1.82) is 0 Å². The molecule has 3 heterocycles. The second-order valence-electron chi connectivity index (χ2n) is 6.61. The molecule has 5 nitrogen and oxygen atoms in total. The highest BCUT2D eigenvalue weighted by atomic mass is 16.3. The Hall–Kier alpha value is -2.82. The van der Waals surface area contributed by atoms with Gasteiger partial charge < -0.3 is 13.9 Å². The van der Waals surface area contributed by atoms with Gasteiger partial charge >= 0.3 is 0 Å². The summed E-state index contributed by atoms with van der Waals surface area (Å²) in [6, 6.07) is 14.2. The maximum Gasteiger partial charge on any atom is 0.222 e. The summed E-state index contributed by atoms with van der Waals surface area (Å²) in [6.07, 6.45) is 4.34. The number of imidazole rings is 1. The van der Waals surface area contributed by atoms with Crippen LogP contribution in [-0.4, -0.2) is 33.4 Å². The Morgan fingerprint density at radius 3 is 2.65 bits per heavy atom. The van der Waals surface area contributed by atoms with E-state index in [0.717, 1.165) is 47.9 Å². The van der Waals surface area contributed by atoms with Gasteiger partial charge in [0.05, 0.1) is 12.0 Å². The van der Waals surface area contributed by atoms with Crippen molar-refractivity contribution in [3.05, 3.63) is 54.6 Å². The third-order valence-corrected chi connectivity index (χ3v) is 4.91. The molecule has 0 saturated carbocycles. The topological polar surface area (TPSA) is 51.3 Å². The number of likely N-dealkylation sites (tertiary alicyclic amines) is 1. The number of aryl methyl sites for hydroxylation is 1. The number of carbonyl (C=O) groups is 1. The molecule has 1 amide bonds. The van der Waals surface area contributed by atoms with E-state index in [0.29, 0.717) is 19.5 Å². The van der Waals surface area contributed by atoms with Crippen LogP contribution in [0.2, 0.25) is 0 Å². The number of aromatic nitrogens is 2. The molecule has 0 spiro atoms. The molecule has 0 aliphatic carbocycles. The zero-order valence-electron chi connectivity index (χ0n) is 15.0. The Morgan fingerprint density at radius 2 is 1.96 bits per heavy atom. The predicted octanol–water partition coefficient (Wildman–Crippen LogP) is 3.99. The number of hydrogen-bond acceptors (Lipinski definition) is 3. The zero-order valence-corrected chi connectivity index (χ0v) is 15.0. The molecular formula is C21H23N3O2. The standard InChI is InChI=1S/C21H23N3O2/c1-2-17-10-11-18(26-17)21-20(16-7-4-3-5-8-16)22-15-24(21)14-13-23-12-6-9-19(23)25/h3-5,7-8,10-11,15H,2,6,9,12-14H2,1H3. The van der Waals surface area contributed by atoms with Crippen LogP contribution in [0.4, 0.5) is 0 Å². The molecule has 4 rings (SSSR count). The third-order valence-electron chi connectivity index (χ3n) is 4.91. The summed E-state index contributed by atoms with van der Waals surface area (Å²) in [6.45, 7) is 4.35. The Bertz CT molecular complexity index is 895. The molecule has 3 aromatic rings. The molecule has 134 valence electrons. The number of furan rings is 1. The first kappa shape index (κ1) is 16.6. The maximum atomic E-state index is 11.9. The lowest BCUT2D eigenvalue weighted by Crippen LogP contribution is -2.28. The quantitative estimate of drug-likeness (QED) is 0.676. The Balaban J connectivity index is 1.69. The average molecular weight is 349 g/mol. The van der Waals surface area contributed by atoms with Gasteiger partial charge in [0.25, 0.3) is 0 Å². The van der Waals surface area contributed by atoms with Gasteiger partial charge in [0.2, 0.25) is 5.91 Å². The van der Waals surface area contributed by atoms with E-state index in [1.165, 1.54) is 0 Å². The largest absolute Gasteiger partial charge is 0.459 e. The molecule has 2 aromatic heterocycles. The molecule has 1 fully saturated rings. The van der Waals surface area contributed by atoms with Crippen molar-refractivity contribution in [3.8, 4) is 22.7 Å². The third kappa shape index (κ3) is 3.17. The summed E-state index contributed by atoms with van der Waals surface area (Å²) >= 11 is 0. The van der Waals surface area contributed by atoms with Crippen molar-refractivity contribution in [2.24, 2.45) is 0 Å². The fourth-order valence-corrected chi connectivity index (χ4v) is 3.48. The Labute approximate surface area is 153 Å². The number of carbonyl (C=O) groups excluding carboxylic acids is 1. The fourth-order valence-electron chi connectivity index (χ4n) is 3.48. The van der Waals surface area contributed by atoms with Gasteiger partial charge in [-0.1, -0.05) is 37.3 Å². The molecule has 0 bridgehead atoms. The summed E-state index contributed by atoms with van der Waals surface area (Å²) < 4.78 is 8.13. The van der Waals surface area contributed by atoms with Crippen LogP contribution in [0.5, 0.6) is 0 Å². The Kier molecular flexibility index (Phi) is 4.61. The normalized spacial score (nSPS) is 14.3.